The molecule has 8 aromatic carbocycles. The highest BCUT2D eigenvalue weighted by Crippen LogP contribution is 2.58. The molecule has 2 nitrogen and oxygen atoms in total. The van der Waals surface area contributed by atoms with Crippen LogP contribution in [0.25, 0.3) is 71.3 Å². The molecule has 0 amide bonds. The second-order valence-electron chi connectivity index (χ2n) is 16.1. The maximum absolute atomic E-state index is 4.40. The molecule has 0 spiro atoms. The number of rotatable bonds is 6. The lowest BCUT2D eigenvalue weighted by molar-refractivity contribution is 1.07. The largest absolute Gasteiger partial charge is 0.310 e. The van der Waals surface area contributed by atoms with Gasteiger partial charge < -0.3 is 4.90 Å². The topological polar surface area (TPSA) is 16.1 Å². The average Bonchev–Trinajstić information content (AvgIpc) is 3.45. The number of anilines is 2. The van der Waals surface area contributed by atoms with E-state index in [1.54, 1.807) is 0 Å². The Labute approximate surface area is 356 Å². The van der Waals surface area contributed by atoms with Crippen LogP contribution in [0, 0.1) is 0 Å². The van der Waals surface area contributed by atoms with Crippen molar-refractivity contribution in [2.24, 2.45) is 0 Å². The number of hydrogen-bond donors (Lipinski definition) is 0. The summed E-state index contributed by atoms with van der Waals surface area (Å²) in [5.74, 6) is 0.0913. The molecule has 0 radical (unpaired) electrons. The van der Waals surface area contributed by atoms with Crippen molar-refractivity contribution in [1.82, 2.24) is 4.98 Å². The summed E-state index contributed by atoms with van der Waals surface area (Å²) in [6.07, 6.45) is 21.0. The Kier molecular flexibility index (Phi) is 8.35. The lowest BCUT2D eigenvalue weighted by Gasteiger charge is -2.28. The van der Waals surface area contributed by atoms with Gasteiger partial charge in [0.05, 0.1) is 5.69 Å². The van der Waals surface area contributed by atoms with Crippen molar-refractivity contribution in [2.45, 2.75) is 12.3 Å². The monoisotopic (exact) mass is 776 g/mol. The van der Waals surface area contributed by atoms with Crippen LogP contribution in [0.2, 0.25) is 0 Å². The van der Waals surface area contributed by atoms with Crippen molar-refractivity contribution >= 4 is 49.3 Å². The van der Waals surface area contributed by atoms with E-state index in [-0.39, 0.29) is 5.92 Å². The quantitative estimate of drug-likeness (QED) is 0.156. The minimum Gasteiger partial charge on any atom is -0.310 e. The van der Waals surface area contributed by atoms with E-state index in [9.17, 15) is 0 Å². The zero-order valence-corrected chi connectivity index (χ0v) is 33.5. The van der Waals surface area contributed by atoms with Gasteiger partial charge in [0.15, 0.2) is 0 Å². The van der Waals surface area contributed by atoms with Gasteiger partial charge in [-0.1, -0.05) is 182 Å². The second-order valence-corrected chi connectivity index (χ2v) is 16.1. The summed E-state index contributed by atoms with van der Waals surface area (Å²) < 4.78 is 0. The molecule has 1 heterocycles. The number of pyridine rings is 1. The maximum Gasteiger partial charge on any atom is 0.0546 e. The van der Waals surface area contributed by atoms with Crippen LogP contribution in [0.5, 0.6) is 0 Å². The number of fused-ring (bicyclic) bond motifs is 7. The van der Waals surface area contributed by atoms with Gasteiger partial charge in [-0.2, -0.15) is 0 Å². The van der Waals surface area contributed by atoms with Gasteiger partial charge in [-0.25, -0.2) is 0 Å². The van der Waals surface area contributed by atoms with E-state index in [0.29, 0.717) is 0 Å². The SMILES string of the molecule is C1=CC2c3c(cccc3-c3c2c(-c2ccccc2)c2ccccc2c3-c2ccccc2)C(C2=CC=C(N(c3ccncc3)c3cc4ccccc4c4ccccc34)C=CC2)=C1. The van der Waals surface area contributed by atoms with Crippen LogP contribution in [0.1, 0.15) is 29.0 Å². The highest BCUT2D eigenvalue weighted by atomic mass is 15.1. The molecule has 1 aromatic heterocycles. The Morgan fingerprint density at radius 3 is 1.90 bits per heavy atom. The van der Waals surface area contributed by atoms with Crippen LogP contribution in [0.3, 0.4) is 0 Å². The van der Waals surface area contributed by atoms with Crippen LogP contribution in [0.4, 0.5) is 11.4 Å². The van der Waals surface area contributed by atoms with Crippen molar-refractivity contribution in [1.29, 1.82) is 0 Å². The highest BCUT2D eigenvalue weighted by Gasteiger charge is 2.37. The minimum absolute atomic E-state index is 0.0913. The first-order valence-corrected chi connectivity index (χ1v) is 21.2. The smallest absolute Gasteiger partial charge is 0.0546 e. The lowest BCUT2D eigenvalue weighted by Crippen LogP contribution is -2.15. The fourth-order valence-electron chi connectivity index (χ4n) is 10.3. The summed E-state index contributed by atoms with van der Waals surface area (Å²) in [5.41, 5.74) is 17.8. The number of aromatic nitrogens is 1. The standard InChI is InChI=1S/C59H40N2/c1-3-16-40(17-4-1)55-50-26-11-12-27-51(50)56(41-18-5-2-6-19-41)59-53-31-15-29-49-45(28-14-30-52(57(49)53)58(55)59)39-21-13-22-43(33-32-39)61(44-34-36-60-37-35-44)54-38-42-20-7-8-23-46(42)47-24-9-10-25-48(47)54/h1-20,22-38,52H,21H2. The van der Waals surface area contributed by atoms with Crippen LogP contribution < -0.4 is 4.90 Å². The molecule has 1 atom stereocenters. The van der Waals surface area contributed by atoms with Crippen molar-refractivity contribution in [3.8, 4) is 33.4 Å². The fraction of sp³-hybridized carbons (Fsp3) is 0.0339. The van der Waals surface area contributed by atoms with Crippen LogP contribution in [0.15, 0.2) is 236 Å². The fourth-order valence-corrected chi connectivity index (χ4v) is 10.3. The lowest BCUT2D eigenvalue weighted by atomic mass is 9.81. The first-order valence-electron chi connectivity index (χ1n) is 21.2. The van der Waals surface area contributed by atoms with E-state index >= 15 is 0 Å². The number of allylic oxidation sites excluding steroid dienone is 9. The number of benzene rings is 8. The first kappa shape index (κ1) is 35.2. The molecule has 9 aromatic rings. The van der Waals surface area contributed by atoms with Crippen molar-refractivity contribution in [2.75, 3.05) is 4.90 Å². The van der Waals surface area contributed by atoms with E-state index in [1.165, 1.54) is 93.5 Å². The molecule has 3 aliphatic rings. The van der Waals surface area contributed by atoms with E-state index in [2.05, 4.69) is 222 Å². The van der Waals surface area contributed by atoms with Gasteiger partial charge >= 0.3 is 0 Å². The Bertz CT molecular complexity index is 3370. The molecule has 2 heteroatoms. The van der Waals surface area contributed by atoms with Gasteiger partial charge in [0, 0.05) is 35.1 Å². The van der Waals surface area contributed by atoms with Crippen molar-refractivity contribution < 1.29 is 0 Å². The van der Waals surface area contributed by atoms with Gasteiger partial charge in [0.25, 0.3) is 0 Å². The van der Waals surface area contributed by atoms with Crippen LogP contribution >= 0.6 is 0 Å². The summed E-state index contributed by atoms with van der Waals surface area (Å²) in [6, 6.07) is 62.1. The predicted molar refractivity (Wildman–Crippen MR) is 257 cm³/mol. The zero-order valence-electron chi connectivity index (χ0n) is 33.5. The van der Waals surface area contributed by atoms with Gasteiger partial charge in [0.1, 0.15) is 0 Å². The minimum atomic E-state index is 0.0913. The van der Waals surface area contributed by atoms with Gasteiger partial charge in [-0.3, -0.25) is 4.98 Å². The Balaban J connectivity index is 1.04. The third-order valence-electron chi connectivity index (χ3n) is 12.8. The van der Waals surface area contributed by atoms with Crippen molar-refractivity contribution in [3.63, 3.8) is 0 Å². The molecule has 3 aliphatic carbocycles. The highest BCUT2D eigenvalue weighted by molar-refractivity contribution is 6.16. The van der Waals surface area contributed by atoms with Gasteiger partial charge in [0.2, 0.25) is 0 Å². The summed E-state index contributed by atoms with van der Waals surface area (Å²) >= 11 is 0. The third kappa shape index (κ3) is 5.68. The zero-order chi connectivity index (χ0) is 40.3. The van der Waals surface area contributed by atoms with E-state index in [4.69, 9.17) is 0 Å². The van der Waals surface area contributed by atoms with Gasteiger partial charge in [-0.15, -0.1) is 0 Å². The normalized spacial score (nSPS) is 15.1. The van der Waals surface area contributed by atoms with E-state index in [0.717, 1.165) is 23.5 Å². The van der Waals surface area contributed by atoms with E-state index < -0.39 is 0 Å². The summed E-state index contributed by atoms with van der Waals surface area (Å²) in [5, 5.41) is 7.50. The molecular weight excluding hydrogens is 737 g/mol. The molecule has 0 saturated carbocycles. The molecule has 61 heavy (non-hydrogen) atoms. The Morgan fingerprint density at radius 2 is 1.13 bits per heavy atom. The maximum atomic E-state index is 4.40. The molecular formula is C59H40N2. The van der Waals surface area contributed by atoms with Crippen LogP contribution in [-0.4, -0.2) is 4.98 Å². The molecule has 0 aliphatic heterocycles. The van der Waals surface area contributed by atoms with Crippen LogP contribution in [-0.2, 0) is 0 Å². The Morgan fingerprint density at radius 1 is 0.492 bits per heavy atom. The molecule has 1 unspecified atom stereocenters. The first-order chi connectivity index (χ1) is 30.3. The number of hydrogen-bond acceptors (Lipinski definition) is 2. The summed E-state index contributed by atoms with van der Waals surface area (Å²) in [6.45, 7) is 0. The van der Waals surface area contributed by atoms with Gasteiger partial charge in [-0.05, 0) is 125 Å². The second kappa shape index (κ2) is 14.5. The molecule has 0 N–H and O–H groups in total. The third-order valence-corrected chi connectivity index (χ3v) is 12.8. The molecule has 0 fully saturated rings. The average molecular weight is 777 g/mol. The van der Waals surface area contributed by atoms with E-state index in [1.807, 2.05) is 12.4 Å². The summed E-state index contributed by atoms with van der Waals surface area (Å²) in [4.78, 5) is 6.80. The Hall–Kier alpha value is -7.81. The summed E-state index contributed by atoms with van der Waals surface area (Å²) in [7, 11) is 0. The number of nitrogens with zero attached hydrogens (tertiary/aromatic N) is 2. The predicted octanol–water partition coefficient (Wildman–Crippen LogP) is 15.5. The molecule has 12 rings (SSSR count). The molecule has 0 saturated heterocycles. The molecule has 0 bridgehead atoms. The molecule has 286 valence electrons. The van der Waals surface area contributed by atoms with Crippen molar-refractivity contribution in [3.05, 3.63) is 253 Å².